The molecular formula is C15H26O. The molecule has 0 aromatic heterocycles. The number of Topliss-reactive ketones (excluding diaryl/α,β-unsaturated/α-hetero) is 1. The molecule has 92 valence electrons. The van der Waals surface area contributed by atoms with Crippen LogP contribution in [0.4, 0.5) is 0 Å². The van der Waals surface area contributed by atoms with Crippen molar-refractivity contribution >= 4 is 5.78 Å². The summed E-state index contributed by atoms with van der Waals surface area (Å²) in [6, 6.07) is 0. The summed E-state index contributed by atoms with van der Waals surface area (Å²) in [6.07, 6.45) is 6.27. The minimum atomic E-state index is 0.333. The third-order valence-electron chi connectivity index (χ3n) is 5.23. The Balaban J connectivity index is 2.24. The van der Waals surface area contributed by atoms with Crippen molar-refractivity contribution in [2.75, 3.05) is 0 Å². The Kier molecular flexibility index (Phi) is 3.16. The topological polar surface area (TPSA) is 17.1 Å². The fraction of sp³-hybridized carbons (Fsp3) is 0.933. The van der Waals surface area contributed by atoms with E-state index in [9.17, 15) is 4.79 Å². The fourth-order valence-corrected chi connectivity index (χ4v) is 4.26. The second-order valence-electron chi connectivity index (χ2n) is 6.79. The van der Waals surface area contributed by atoms with Gasteiger partial charge in [-0.05, 0) is 42.9 Å². The molecule has 0 saturated heterocycles. The molecule has 2 rings (SSSR count). The van der Waals surface area contributed by atoms with E-state index in [0.717, 1.165) is 6.42 Å². The molecule has 0 aromatic carbocycles. The third kappa shape index (κ3) is 1.83. The molecule has 1 nitrogen and oxygen atoms in total. The average molecular weight is 222 g/mol. The van der Waals surface area contributed by atoms with Gasteiger partial charge in [-0.1, -0.05) is 34.1 Å². The molecule has 2 aliphatic carbocycles. The van der Waals surface area contributed by atoms with E-state index in [0.29, 0.717) is 34.9 Å². The molecule has 0 radical (unpaired) electrons. The highest BCUT2D eigenvalue weighted by Gasteiger charge is 2.49. The van der Waals surface area contributed by atoms with Crippen LogP contribution in [0.25, 0.3) is 0 Å². The Labute approximate surface area is 100.0 Å². The average Bonchev–Trinajstić information content (AvgIpc) is 2.16. The molecule has 4 atom stereocenters. The number of carbonyl (C=O) groups is 1. The van der Waals surface area contributed by atoms with Crippen molar-refractivity contribution in [3.8, 4) is 0 Å². The Morgan fingerprint density at radius 3 is 2.56 bits per heavy atom. The van der Waals surface area contributed by atoms with Crippen molar-refractivity contribution in [3.05, 3.63) is 0 Å². The highest BCUT2D eigenvalue weighted by molar-refractivity contribution is 5.85. The molecule has 2 saturated carbocycles. The summed E-state index contributed by atoms with van der Waals surface area (Å²) in [7, 11) is 0. The summed E-state index contributed by atoms with van der Waals surface area (Å²) >= 11 is 0. The molecule has 0 aromatic rings. The first-order valence-corrected chi connectivity index (χ1v) is 6.99. The maximum Gasteiger partial charge on any atom is 0.140 e. The molecule has 0 heterocycles. The summed E-state index contributed by atoms with van der Waals surface area (Å²) < 4.78 is 0. The Bertz CT molecular complexity index is 281. The summed E-state index contributed by atoms with van der Waals surface area (Å²) in [5.41, 5.74) is 0.333. The van der Waals surface area contributed by atoms with Crippen molar-refractivity contribution in [3.63, 3.8) is 0 Å². The van der Waals surface area contributed by atoms with Crippen LogP contribution in [0.2, 0.25) is 0 Å². The molecule has 0 amide bonds. The van der Waals surface area contributed by atoms with Gasteiger partial charge in [0.25, 0.3) is 0 Å². The Morgan fingerprint density at radius 1 is 1.25 bits per heavy atom. The number of rotatable bonds is 1. The van der Waals surface area contributed by atoms with Crippen LogP contribution in [-0.2, 0) is 4.79 Å². The van der Waals surface area contributed by atoms with Gasteiger partial charge in [0.15, 0.2) is 0 Å². The van der Waals surface area contributed by atoms with Crippen molar-refractivity contribution < 1.29 is 4.79 Å². The lowest BCUT2D eigenvalue weighted by Gasteiger charge is -2.50. The molecule has 0 spiro atoms. The van der Waals surface area contributed by atoms with E-state index < -0.39 is 0 Å². The van der Waals surface area contributed by atoms with Gasteiger partial charge in [-0.25, -0.2) is 0 Å². The van der Waals surface area contributed by atoms with E-state index in [2.05, 4.69) is 27.7 Å². The molecule has 1 heteroatoms. The van der Waals surface area contributed by atoms with E-state index in [1.165, 1.54) is 25.7 Å². The molecule has 0 bridgehead atoms. The zero-order chi connectivity index (χ0) is 11.9. The lowest BCUT2D eigenvalue weighted by Crippen LogP contribution is -2.48. The summed E-state index contributed by atoms with van der Waals surface area (Å²) in [6.45, 7) is 9.07. The number of hydrogen-bond donors (Lipinski definition) is 0. The lowest BCUT2D eigenvalue weighted by molar-refractivity contribution is -0.143. The van der Waals surface area contributed by atoms with Crippen LogP contribution in [0.1, 0.15) is 59.8 Å². The van der Waals surface area contributed by atoms with Gasteiger partial charge in [0, 0.05) is 11.8 Å². The third-order valence-corrected chi connectivity index (χ3v) is 5.23. The van der Waals surface area contributed by atoms with Crippen molar-refractivity contribution in [2.45, 2.75) is 59.8 Å². The zero-order valence-corrected chi connectivity index (χ0v) is 11.3. The van der Waals surface area contributed by atoms with Crippen molar-refractivity contribution in [2.24, 2.45) is 29.1 Å². The van der Waals surface area contributed by atoms with Gasteiger partial charge >= 0.3 is 0 Å². The van der Waals surface area contributed by atoms with Crippen molar-refractivity contribution in [1.29, 1.82) is 0 Å². The van der Waals surface area contributed by atoms with Crippen LogP contribution in [0, 0.1) is 29.1 Å². The van der Waals surface area contributed by atoms with E-state index in [1.54, 1.807) is 0 Å². The van der Waals surface area contributed by atoms with Crippen LogP contribution in [0.15, 0.2) is 0 Å². The SMILES string of the molecule is CC(C)C1CC[C@@]2(C)CCC[C@H](C)[C@@H]2C1=O. The summed E-state index contributed by atoms with van der Waals surface area (Å²) in [5.74, 6) is 2.45. The van der Waals surface area contributed by atoms with Gasteiger partial charge in [0.2, 0.25) is 0 Å². The molecule has 2 aliphatic rings. The summed E-state index contributed by atoms with van der Waals surface area (Å²) in [4.78, 5) is 12.6. The van der Waals surface area contributed by atoms with Crippen LogP contribution < -0.4 is 0 Å². The van der Waals surface area contributed by atoms with Gasteiger partial charge in [-0.2, -0.15) is 0 Å². The molecule has 16 heavy (non-hydrogen) atoms. The van der Waals surface area contributed by atoms with Gasteiger partial charge in [0.1, 0.15) is 5.78 Å². The van der Waals surface area contributed by atoms with Gasteiger partial charge in [0.05, 0.1) is 0 Å². The van der Waals surface area contributed by atoms with E-state index in [4.69, 9.17) is 0 Å². The standard InChI is InChI=1S/C15H26O/c1-10(2)12-7-9-15(4)8-5-6-11(3)13(15)14(12)16/h10-13H,5-9H2,1-4H3/t11-,12?,13+,15+/m0/s1. The molecular weight excluding hydrogens is 196 g/mol. The monoisotopic (exact) mass is 222 g/mol. The van der Waals surface area contributed by atoms with E-state index >= 15 is 0 Å². The van der Waals surface area contributed by atoms with Crippen LogP contribution in [0.3, 0.4) is 0 Å². The lowest BCUT2D eigenvalue weighted by atomic mass is 9.53. The number of ketones is 1. The minimum Gasteiger partial charge on any atom is -0.299 e. The predicted molar refractivity (Wildman–Crippen MR) is 67.2 cm³/mol. The van der Waals surface area contributed by atoms with E-state index in [-0.39, 0.29) is 0 Å². The predicted octanol–water partition coefficient (Wildman–Crippen LogP) is 4.06. The number of fused-ring (bicyclic) bond motifs is 1. The fourth-order valence-electron chi connectivity index (χ4n) is 4.26. The van der Waals surface area contributed by atoms with Crippen LogP contribution >= 0.6 is 0 Å². The molecule has 0 aliphatic heterocycles. The second-order valence-corrected chi connectivity index (χ2v) is 6.79. The van der Waals surface area contributed by atoms with Crippen molar-refractivity contribution in [1.82, 2.24) is 0 Å². The number of hydrogen-bond acceptors (Lipinski definition) is 1. The first-order valence-electron chi connectivity index (χ1n) is 6.99. The van der Waals surface area contributed by atoms with Gasteiger partial charge in [-0.15, -0.1) is 0 Å². The van der Waals surface area contributed by atoms with E-state index in [1.807, 2.05) is 0 Å². The first-order chi connectivity index (χ1) is 7.46. The quantitative estimate of drug-likeness (QED) is 0.654. The molecule has 2 fully saturated rings. The van der Waals surface area contributed by atoms with Crippen LogP contribution in [-0.4, -0.2) is 5.78 Å². The summed E-state index contributed by atoms with van der Waals surface area (Å²) in [5, 5.41) is 0. The zero-order valence-electron chi connectivity index (χ0n) is 11.3. The first kappa shape index (κ1) is 12.1. The van der Waals surface area contributed by atoms with Crippen LogP contribution in [0.5, 0.6) is 0 Å². The maximum absolute atomic E-state index is 12.6. The minimum absolute atomic E-state index is 0.333. The van der Waals surface area contributed by atoms with Gasteiger partial charge in [-0.3, -0.25) is 4.79 Å². The molecule has 1 unspecified atom stereocenters. The largest absolute Gasteiger partial charge is 0.299 e. The highest BCUT2D eigenvalue weighted by atomic mass is 16.1. The van der Waals surface area contributed by atoms with Gasteiger partial charge < -0.3 is 0 Å². The maximum atomic E-state index is 12.6. The Hall–Kier alpha value is -0.330. The number of carbonyl (C=O) groups excluding carboxylic acids is 1. The normalized spacial score (nSPS) is 44.6. The Morgan fingerprint density at radius 2 is 1.94 bits per heavy atom. The highest BCUT2D eigenvalue weighted by Crippen LogP contribution is 2.53. The smallest absolute Gasteiger partial charge is 0.140 e. The molecule has 0 N–H and O–H groups in total. The second kappa shape index (κ2) is 4.16.